The van der Waals surface area contributed by atoms with E-state index in [2.05, 4.69) is 27.4 Å². The normalized spacial score (nSPS) is 10.9. The van der Waals surface area contributed by atoms with Gasteiger partial charge in [0, 0.05) is 6.42 Å². The minimum atomic E-state index is 0.592. The van der Waals surface area contributed by atoms with Crippen LogP contribution in [0.4, 0.5) is 0 Å². The summed E-state index contributed by atoms with van der Waals surface area (Å²) in [5, 5.41) is 11.6. The first-order valence-electron chi connectivity index (χ1n) is 7.59. The second kappa shape index (κ2) is 7.92. The van der Waals surface area contributed by atoms with Crippen LogP contribution in [0.25, 0.3) is 0 Å². The van der Waals surface area contributed by atoms with E-state index < -0.39 is 0 Å². The lowest BCUT2D eigenvalue weighted by Crippen LogP contribution is -2.03. The minimum absolute atomic E-state index is 0.592. The zero-order chi connectivity index (χ0) is 16.6. The molecular formula is C18H18N4O2. The molecule has 0 unspecified atom stereocenters. The van der Waals surface area contributed by atoms with Crippen molar-refractivity contribution in [2.24, 2.45) is 5.10 Å². The van der Waals surface area contributed by atoms with Crippen LogP contribution in [0.5, 0.6) is 11.5 Å². The number of benzene rings is 2. The molecular weight excluding hydrogens is 304 g/mol. The first kappa shape index (κ1) is 15.7. The average Bonchev–Trinajstić information content (AvgIpc) is 3.15. The third-order valence-electron chi connectivity index (χ3n) is 3.43. The van der Waals surface area contributed by atoms with Crippen molar-refractivity contribution in [3.05, 3.63) is 72.3 Å². The third-order valence-corrected chi connectivity index (χ3v) is 3.43. The molecule has 6 heteroatoms. The Morgan fingerprint density at radius 2 is 1.83 bits per heavy atom. The SMILES string of the molecule is COc1cc(C=Nn2cnnc2)ccc1OCCc1ccccc1. The van der Waals surface area contributed by atoms with Crippen LogP contribution in [0.15, 0.2) is 66.3 Å². The highest BCUT2D eigenvalue weighted by Crippen LogP contribution is 2.27. The molecule has 0 spiro atoms. The summed E-state index contributed by atoms with van der Waals surface area (Å²) in [6.07, 6.45) is 5.60. The molecule has 0 N–H and O–H groups in total. The number of ether oxygens (including phenoxy) is 2. The Morgan fingerprint density at radius 3 is 2.58 bits per heavy atom. The summed E-state index contributed by atoms with van der Waals surface area (Å²) in [6, 6.07) is 15.9. The summed E-state index contributed by atoms with van der Waals surface area (Å²) < 4.78 is 12.8. The van der Waals surface area contributed by atoms with Gasteiger partial charge in [0.05, 0.1) is 19.9 Å². The van der Waals surface area contributed by atoms with Crippen LogP contribution >= 0.6 is 0 Å². The molecule has 0 aliphatic heterocycles. The molecule has 0 aliphatic rings. The second-order valence-electron chi connectivity index (χ2n) is 5.08. The highest BCUT2D eigenvalue weighted by Gasteiger charge is 2.05. The van der Waals surface area contributed by atoms with Gasteiger partial charge in [0.2, 0.25) is 0 Å². The van der Waals surface area contributed by atoms with Crippen LogP contribution in [0.2, 0.25) is 0 Å². The average molecular weight is 322 g/mol. The molecule has 0 bridgehead atoms. The molecule has 1 aromatic heterocycles. The quantitative estimate of drug-likeness (QED) is 0.628. The molecule has 3 aromatic rings. The lowest BCUT2D eigenvalue weighted by atomic mass is 10.2. The van der Waals surface area contributed by atoms with Gasteiger partial charge in [-0.25, -0.2) is 4.68 Å². The van der Waals surface area contributed by atoms with Gasteiger partial charge in [0.25, 0.3) is 0 Å². The molecule has 0 aliphatic carbocycles. The molecule has 0 fully saturated rings. The van der Waals surface area contributed by atoms with Gasteiger partial charge in [-0.15, -0.1) is 10.2 Å². The largest absolute Gasteiger partial charge is 0.493 e. The summed E-state index contributed by atoms with van der Waals surface area (Å²) >= 11 is 0. The monoisotopic (exact) mass is 322 g/mol. The van der Waals surface area contributed by atoms with Crippen molar-refractivity contribution in [1.29, 1.82) is 0 Å². The summed E-state index contributed by atoms with van der Waals surface area (Å²) in [5.41, 5.74) is 2.14. The van der Waals surface area contributed by atoms with E-state index in [0.717, 1.165) is 17.7 Å². The molecule has 0 radical (unpaired) electrons. The first-order valence-corrected chi connectivity index (χ1v) is 7.59. The maximum absolute atomic E-state index is 5.84. The lowest BCUT2D eigenvalue weighted by molar-refractivity contribution is 0.297. The van der Waals surface area contributed by atoms with Crippen molar-refractivity contribution in [3.8, 4) is 11.5 Å². The molecule has 122 valence electrons. The summed E-state index contributed by atoms with van der Waals surface area (Å²) in [7, 11) is 1.63. The first-order chi connectivity index (χ1) is 11.8. The van der Waals surface area contributed by atoms with Gasteiger partial charge in [-0.2, -0.15) is 5.10 Å². The van der Waals surface area contributed by atoms with E-state index in [1.807, 2.05) is 36.4 Å². The highest BCUT2D eigenvalue weighted by atomic mass is 16.5. The van der Waals surface area contributed by atoms with E-state index in [1.165, 1.54) is 22.9 Å². The number of nitrogens with zero attached hydrogens (tertiary/aromatic N) is 4. The lowest BCUT2D eigenvalue weighted by Gasteiger charge is -2.11. The smallest absolute Gasteiger partial charge is 0.161 e. The van der Waals surface area contributed by atoms with Crippen LogP contribution in [-0.4, -0.2) is 34.8 Å². The summed E-state index contributed by atoms with van der Waals surface area (Å²) in [6.45, 7) is 0.592. The van der Waals surface area contributed by atoms with Crippen LogP contribution in [0.1, 0.15) is 11.1 Å². The van der Waals surface area contributed by atoms with Crippen LogP contribution in [0, 0.1) is 0 Å². The fourth-order valence-corrected chi connectivity index (χ4v) is 2.20. The Bertz CT molecular complexity index is 786. The number of methoxy groups -OCH3 is 1. The van der Waals surface area contributed by atoms with Gasteiger partial charge in [-0.3, -0.25) is 0 Å². The highest BCUT2D eigenvalue weighted by molar-refractivity contribution is 5.80. The van der Waals surface area contributed by atoms with Gasteiger partial charge in [-0.05, 0) is 29.3 Å². The van der Waals surface area contributed by atoms with Crippen molar-refractivity contribution in [2.45, 2.75) is 6.42 Å². The van der Waals surface area contributed by atoms with Gasteiger partial charge < -0.3 is 9.47 Å². The Labute approximate surface area is 140 Å². The number of hydrogen-bond acceptors (Lipinski definition) is 5. The third kappa shape index (κ3) is 4.19. The minimum Gasteiger partial charge on any atom is -0.493 e. The van der Waals surface area contributed by atoms with E-state index in [-0.39, 0.29) is 0 Å². The molecule has 0 atom stereocenters. The van der Waals surface area contributed by atoms with Gasteiger partial charge in [0.15, 0.2) is 11.5 Å². The zero-order valence-electron chi connectivity index (χ0n) is 13.4. The fourth-order valence-electron chi connectivity index (χ4n) is 2.20. The van der Waals surface area contributed by atoms with E-state index in [1.54, 1.807) is 13.3 Å². The maximum Gasteiger partial charge on any atom is 0.161 e. The number of hydrogen-bond donors (Lipinski definition) is 0. The summed E-state index contributed by atoms with van der Waals surface area (Å²) in [4.78, 5) is 0. The van der Waals surface area contributed by atoms with Gasteiger partial charge >= 0.3 is 0 Å². The standard InChI is InChI=1S/C18H18N4O2/c1-23-18-11-16(12-21-22-13-19-20-14-22)7-8-17(18)24-10-9-15-5-3-2-4-6-15/h2-8,11-14H,9-10H2,1H3. The van der Waals surface area contributed by atoms with E-state index >= 15 is 0 Å². The molecule has 6 nitrogen and oxygen atoms in total. The Morgan fingerprint density at radius 1 is 1.04 bits per heavy atom. The molecule has 0 saturated carbocycles. The molecule has 0 saturated heterocycles. The van der Waals surface area contributed by atoms with Gasteiger partial charge in [-0.1, -0.05) is 30.3 Å². The van der Waals surface area contributed by atoms with Crippen molar-refractivity contribution in [2.75, 3.05) is 13.7 Å². The van der Waals surface area contributed by atoms with Crippen molar-refractivity contribution < 1.29 is 9.47 Å². The maximum atomic E-state index is 5.84. The predicted molar refractivity (Wildman–Crippen MR) is 91.6 cm³/mol. The Balaban J connectivity index is 1.63. The Kier molecular flexibility index (Phi) is 5.19. The van der Waals surface area contributed by atoms with Gasteiger partial charge in [0.1, 0.15) is 12.7 Å². The zero-order valence-corrected chi connectivity index (χ0v) is 13.4. The van der Waals surface area contributed by atoms with Crippen LogP contribution in [-0.2, 0) is 6.42 Å². The Hall–Kier alpha value is -3.15. The second-order valence-corrected chi connectivity index (χ2v) is 5.08. The van der Waals surface area contributed by atoms with Crippen LogP contribution < -0.4 is 9.47 Å². The number of aromatic nitrogens is 3. The molecule has 0 amide bonds. The molecule has 3 rings (SSSR count). The van der Waals surface area contributed by atoms with Crippen molar-refractivity contribution >= 4 is 6.21 Å². The van der Waals surface area contributed by atoms with E-state index in [9.17, 15) is 0 Å². The van der Waals surface area contributed by atoms with Crippen molar-refractivity contribution in [1.82, 2.24) is 14.9 Å². The van der Waals surface area contributed by atoms with E-state index in [4.69, 9.17) is 9.47 Å². The van der Waals surface area contributed by atoms with Crippen molar-refractivity contribution in [3.63, 3.8) is 0 Å². The molecule has 1 heterocycles. The summed E-state index contributed by atoms with van der Waals surface area (Å²) in [5.74, 6) is 1.39. The van der Waals surface area contributed by atoms with Crippen LogP contribution in [0.3, 0.4) is 0 Å². The predicted octanol–water partition coefficient (Wildman–Crippen LogP) is 2.79. The topological polar surface area (TPSA) is 61.5 Å². The fraction of sp³-hybridized carbons (Fsp3) is 0.167. The van der Waals surface area contributed by atoms with E-state index in [0.29, 0.717) is 12.4 Å². The number of rotatable bonds is 7. The molecule has 2 aromatic carbocycles. The molecule has 24 heavy (non-hydrogen) atoms.